The fourth-order valence-electron chi connectivity index (χ4n) is 4.34. The van der Waals surface area contributed by atoms with Gasteiger partial charge in [0.25, 0.3) is 11.1 Å². The Balaban J connectivity index is 1.12. The van der Waals surface area contributed by atoms with E-state index in [1.54, 1.807) is 24.4 Å². The Morgan fingerprint density at radius 2 is 1.79 bits per heavy atom. The minimum Gasteiger partial charge on any atom is -0.351 e. The van der Waals surface area contributed by atoms with Gasteiger partial charge >= 0.3 is 0 Å². The number of fused-ring (bicyclic) bond motifs is 1. The molecule has 9 heteroatoms. The lowest BCUT2D eigenvalue weighted by atomic mass is 9.91. The van der Waals surface area contributed by atoms with Crippen LogP contribution in [-0.4, -0.2) is 33.2 Å². The molecule has 3 aromatic rings. The standard InChI is InChI=1S/C25H24FN5O2S/c26-18-4-3-16-11-15(1-2-17(16)12-18)14-28-19-5-7-20(8-6-19)29-24-27-10-9-21(30-24)13-22-23(32)31-25(33)34-22/h1-4,9-13,19-20,28H,5-8,14H2,(H,27,29,30)(H,31,32,33)/b22-13-/t19-,20-. The molecule has 0 atom stereocenters. The van der Waals surface area contributed by atoms with Gasteiger partial charge in [-0.2, -0.15) is 0 Å². The van der Waals surface area contributed by atoms with Gasteiger partial charge < -0.3 is 10.6 Å². The third-order valence-electron chi connectivity index (χ3n) is 6.12. The molecular weight excluding hydrogens is 453 g/mol. The predicted octanol–water partition coefficient (Wildman–Crippen LogP) is 4.61. The van der Waals surface area contributed by atoms with Crippen molar-refractivity contribution in [2.24, 2.45) is 0 Å². The lowest BCUT2D eigenvalue weighted by Gasteiger charge is -2.30. The zero-order valence-corrected chi connectivity index (χ0v) is 19.2. The van der Waals surface area contributed by atoms with Gasteiger partial charge in [0.15, 0.2) is 0 Å². The highest BCUT2D eigenvalue weighted by molar-refractivity contribution is 8.18. The zero-order chi connectivity index (χ0) is 23.5. The van der Waals surface area contributed by atoms with Crippen LogP contribution < -0.4 is 16.0 Å². The Morgan fingerprint density at radius 1 is 1.03 bits per heavy atom. The first-order valence-corrected chi connectivity index (χ1v) is 12.1. The third kappa shape index (κ3) is 5.43. The second-order valence-corrected chi connectivity index (χ2v) is 9.57. The number of nitrogens with zero attached hydrogens (tertiary/aromatic N) is 2. The summed E-state index contributed by atoms with van der Waals surface area (Å²) >= 11 is 0.873. The highest BCUT2D eigenvalue weighted by Gasteiger charge is 2.25. The lowest BCUT2D eigenvalue weighted by Crippen LogP contribution is -2.36. The summed E-state index contributed by atoms with van der Waals surface area (Å²) in [6.07, 6.45) is 7.32. The molecule has 1 aromatic heterocycles. The second-order valence-electron chi connectivity index (χ2n) is 8.56. The number of carbonyl (C=O) groups is 2. The summed E-state index contributed by atoms with van der Waals surface area (Å²) in [5.74, 6) is -0.0887. The van der Waals surface area contributed by atoms with Crippen LogP contribution in [0.25, 0.3) is 16.8 Å². The molecule has 0 unspecified atom stereocenters. The zero-order valence-electron chi connectivity index (χ0n) is 18.4. The number of nitrogens with one attached hydrogen (secondary N) is 3. The molecule has 174 valence electrons. The number of aromatic nitrogens is 2. The van der Waals surface area contributed by atoms with Crippen molar-refractivity contribution in [2.75, 3.05) is 5.32 Å². The maximum atomic E-state index is 13.4. The number of carbonyl (C=O) groups excluding carboxylic acids is 2. The largest absolute Gasteiger partial charge is 0.351 e. The van der Waals surface area contributed by atoms with Crippen LogP contribution in [0.5, 0.6) is 0 Å². The first kappa shape index (κ1) is 22.5. The lowest BCUT2D eigenvalue weighted by molar-refractivity contribution is -0.115. The first-order valence-electron chi connectivity index (χ1n) is 11.3. The maximum absolute atomic E-state index is 13.4. The minimum absolute atomic E-state index is 0.213. The molecular formula is C25H24FN5O2S. The molecule has 2 amide bonds. The first-order chi connectivity index (χ1) is 16.5. The van der Waals surface area contributed by atoms with E-state index in [-0.39, 0.29) is 17.1 Å². The van der Waals surface area contributed by atoms with Crippen LogP contribution in [0, 0.1) is 5.82 Å². The molecule has 5 rings (SSSR count). The number of rotatable bonds is 6. The number of amides is 2. The van der Waals surface area contributed by atoms with E-state index in [9.17, 15) is 14.0 Å². The Hall–Kier alpha value is -3.30. The molecule has 0 bridgehead atoms. The molecule has 2 heterocycles. The van der Waals surface area contributed by atoms with Crippen LogP contribution in [0.15, 0.2) is 53.6 Å². The van der Waals surface area contributed by atoms with Gasteiger partial charge in [-0.05, 0) is 84.1 Å². The molecule has 2 fully saturated rings. The quantitative estimate of drug-likeness (QED) is 0.446. The van der Waals surface area contributed by atoms with Crippen LogP contribution >= 0.6 is 11.8 Å². The van der Waals surface area contributed by atoms with Crippen LogP contribution in [0.1, 0.15) is 36.9 Å². The molecule has 1 saturated carbocycles. The smallest absolute Gasteiger partial charge is 0.290 e. The van der Waals surface area contributed by atoms with Gasteiger partial charge in [-0.3, -0.25) is 14.9 Å². The fraction of sp³-hybridized carbons (Fsp3) is 0.280. The highest BCUT2D eigenvalue weighted by Crippen LogP contribution is 2.26. The van der Waals surface area contributed by atoms with Gasteiger partial charge in [-0.1, -0.05) is 18.2 Å². The van der Waals surface area contributed by atoms with Gasteiger partial charge in [0.05, 0.1) is 10.6 Å². The van der Waals surface area contributed by atoms with E-state index in [0.29, 0.717) is 22.6 Å². The van der Waals surface area contributed by atoms with Crippen molar-refractivity contribution in [1.82, 2.24) is 20.6 Å². The number of benzene rings is 2. The highest BCUT2D eigenvalue weighted by atomic mass is 32.2. The maximum Gasteiger partial charge on any atom is 0.290 e. The summed E-state index contributed by atoms with van der Waals surface area (Å²) in [6.45, 7) is 0.782. The van der Waals surface area contributed by atoms with Crippen molar-refractivity contribution in [3.8, 4) is 0 Å². The molecule has 2 aliphatic rings. The number of hydrogen-bond donors (Lipinski definition) is 3. The second kappa shape index (κ2) is 9.90. The predicted molar refractivity (Wildman–Crippen MR) is 132 cm³/mol. The number of hydrogen-bond acceptors (Lipinski definition) is 7. The van der Waals surface area contributed by atoms with Gasteiger partial charge in [0.1, 0.15) is 5.82 Å². The summed E-state index contributed by atoms with van der Waals surface area (Å²) in [5.41, 5.74) is 1.77. The average molecular weight is 478 g/mol. The minimum atomic E-state index is -0.397. The normalized spacial score (nSPS) is 21.7. The van der Waals surface area contributed by atoms with E-state index in [1.807, 2.05) is 18.2 Å². The molecule has 3 N–H and O–H groups in total. The average Bonchev–Trinajstić information content (AvgIpc) is 3.15. The van der Waals surface area contributed by atoms with Crippen molar-refractivity contribution < 1.29 is 14.0 Å². The van der Waals surface area contributed by atoms with Crippen LogP contribution in [0.3, 0.4) is 0 Å². The molecule has 0 radical (unpaired) electrons. The van der Waals surface area contributed by atoms with E-state index in [2.05, 4.69) is 32.0 Å². The van der Waals surface area contributed by atoms with Crippen molar-refractivity contribution in [3.05, 3.63) is 70.6 Å². The van der Waals surface area contributed by atoms with Gasteiger partial charge in [0, 0.05) is 24.8 Å². The number of anilines is 1. The summed E-state index contributed by atoms with van der Waals surface area (Å²) < 4.78 is 13.4. The van der Waals surface area contributed by atoms with Crippen molar-refractivity contribution >= 4 is 45.7 Å². The Morgan fingerprint density at radius 3 is 2.59 bits per heavy atom. The van der Waals surface area contributed by atoms with E-state index in [1.165, 1.54) is 11.6 Å². The van der Waals surface area contributed by atoms with E-state index in [4.69, 9.17) is 0 Å². The molecule has 1 aliphatic carbocycles. The number of imide groups is 1. The third-order valence-corrected chi connectivity index (χ3v) is 6.93. The summed E-state index contributed by atoms with van der Waals surface area (Å²) in [7, 11) is 0. The Bertz CT molecular complexity index is 1270. The Kier molecular flexibility index (Phi) is 6.55. The van der Waals surface area contributed by atoms with E-state index < -0.39 is 5.91 Å². The number of thioether (sulfide) groups is 1. The SMILES string of the molecule is O=C1NC(=O)/C(=C/c2ccnc(N[C@H]3CC[C@H](NCc4ccc5cc(F)ccc5c4)CC3)n2)S1. The monoisotopic (exact) mass is 477 g/mol. The van der Waals surface area contributed by atoms with E-state index >= 15 is 0 Å². The molecule has 0 spiro atoms. The van der Waals surface area contributed by atoms with Crippen LogP contribution in [0.4, 0.5) is 15.1 Å². The Labute approximate surface area is 200 Å². The van der Waals surface area contributed by atoms with E-state index in [0.717, 1.165) is 54.8 Å². The summed E-state index contributed by atoms with van der Waals surface area (Å²) in [5, 5.41) is 10.9. The van der Waals surface area contributed by atoms with Gasteiger partial charge in [-0.25, -0.2) is 14.4 Å². The summed E-state index contributed by atoms with van der Waals surface area (Å²) in [4.78, 5) is 32.2. The van der Waals surface area contributed by atoms with Gasteiger partial charge in [-0.15, -0.1) is 0 Å². The fourth-order valence-corrected chi connectivity index (χ4v) is 5.01. The van der Waals surface area contributed by atoms with Crippen molar-refractivity contribution in [1.29, 1.82) is 0 Å². The van der Waals surface area contributed by atoms with Gasteiger partial charge in [0.2, 0.25) is 5.95 Å². The number of halogens is 1. The molecule has 2 aromatic carbocycles. The summed E-state index contributed by atoms with van der Waals surface area (Å²) in [6, 6.07) is 13.4. The molecule has 1 aliphatic heterocycles. The molecule has 7 nitrogen and oxygen atoms in total. The topological polar surface area (TPSA) is 96.0 Å². The van der Waals surface area contributed by atoms with Crippen LogP contribution in [-0.2, 0) is 11.3 Å². The van der Waals surface area contributed by atoms with Crippen LogP contribution in [0.2, 0.25) is 0 Å². The van der Waals surface area contributed by atoms with Crippen molar-refractivity contribution in [3.63, 3.8) is 0 Å². The molecule has 1 saturated heterocycles. The molecule has 34 heavy (non-hydrogen) atoms. The van der Waals surface area contributed by atoms with Crippen molar-refractivity contribution in [2.45, 2.75) is 44.3 Å².